The van der Waals surface area contributed by atoms with Crippen molar-refractivity contribution in [1.82, 2.24) is 5.32 Å². The van der Waals surface area contributed by atoms with E-state index in [1.165, 1.54) is 0 Å². The van der Waals surface area contributed by atoms with Crippen molar-refractivity contribution in [2.75, 3.05) is 25.6 Å². The number of carboxylic acid groups (broad SMARTS) is 1. The van der Waals surface area contributed by atoms with Crippen LogP contribution in [0.25, 0.3) is 0 Å². The van der Waals surface area contributed by atoms with Gasteiger partial charge in [-0.2, -0.15) is 0 Å². The summed E-state index contributed by atoms with van der Waals surface area (Å²) in [6, 6.07) is 0. The Labute approximate surface area is 127 Å². The number of rotatable bonds is 8. The molecule has 1 aliphatic rings. The summed E-state index contributed by atoms with van der Waals surface area (Å²) >= 11 is 0.936. The second-order valence-electron chi connectivity index (χ2n) is 4.34. The Bertz CT molecular complexity index is 471. The fourth-order valence-electron chi connectivity index (χ4n) is 1.74. The van der Waals surface area contributed by atoms with Gasteiger partial charge in [0.1, 0.15) is 0 Å². The number of aliphatic hydroxyl groups excluding tert-OH is 1. The zero-order valence-corrected chi connectivity index (χ0v) is 12.8. The van der Waals surface area contributed by atoms with E-state index in [0.717, 1.165) is 12.0 Å². The van der Waals surface area contributed by atoms with Crippen LogP contribution < -0.4 is 5.32 Å². The van der Waals surface area contributed by atoms with Crippen molar-refractivity contribution in [2.45, 2.75) is 20.3 Å². The number of ether oxygens (including phenoxy) is 1. The summed E-state index contributed by atoms with van der Waals surface area (Å²) in [6.07, 6.45) is 0.0421. The fraction of sp³-hybridized carbons (Fsp3) is 0.538. The molecule has 0 aromatic carbocycles. The largest absolute Gasteiger partial charge is 0.478 e. The first-order valence-corrected chi connectivity index (χ1v) is 7.30. The Morgan fingerprint density at radius 2 is 1.90 bits per heavy atom. The molecule has 3 N–H and O–H groups in total. The standard InChI is InChI=1S/C13H19NO6S/c1-8-10(12(16)17)7-11(9(2)14-8)13(18)20-21-6-5-19-4-3-15/h14-15H,3-7H2,1-2H3,(H,16,17). The molecule has 0 fully saturated rings. The Hall–Kier alpha value is -1.51. The minimum Gasteiger partial charge on any atom is -0.478 e. The van der Waals surface area contributed by atoms with Crippen LogP contribution in [0.1, 0.15) is 20.3 Å². The third-order valence-electron chi connectivity index (χ3n) is 2.82. The summed E-state index contributed by atoms with van der Waals surface area (Å²) in [6.45, 7) is 3.91. The molecule has 0 aromatic rings. The molecular weight excluding hydrogens is 298 g/mol. The number of carbonyl (C=O) groups excluding carboxylic acids is 1. The van der Waals surface area contributed by atoms with Crippen LogP contribution >= 0.6 is 12.0 Å². The first-order chi connectivity index (χ1) is 9.97. The molecule has 21 heavy (non-hydrogen) atoms. The average molecular weight is 317 g/mol. The predicted molar refractivity (Wildman–Crippen MR) is 77.2 cm³/mol. The second kappa shape index (κ2) is 8.71. The lowest BCUT2D eigenvalue weighted by atomic mass is 9.98. The van der Waals surface area contributed by atoms with Crippen molar-refractivity contribution in [3.05, 3.63) is 22.5 Å². The molecule has 0 aromatic heterocycles. The fourth-order valence-corrected chi connectivity index (χ4v) is 2.22. The van der Waals surface area contributed by atoms with E-state index in [1.807, 2.05) is 0 Å². The highest BCUT2D eigenvalue weighted by Crippen LogP contribution is 2.25. The maximum Gasteiger partial charge on any atom is 0.348 e. The Kier molecular flexibility index (Phi) is 7.27. The van der Waals surface area contributed by atoms with E-state index in [4.69, 9.17) is 19.1 Å². The molecule has 1 rings (SSSR count). The number of aliphatic hydroxyl groups is 1. The average Bonchev–Trinajstić information content (AvgIpc) is 2.42. The third-order valence-corrected chi connectivity index (χ3v) is 3.42. The highest BCUT2D eigenvalue weighted by molar-refractivity contribution is 7.95. The molecule has 0 atom stereocenters. The minimum atomic E-state index is -1.05. The van der Waals surface area contributed by atoms with Crippen molar-refractivity contribution in [1.29, 1.82) is 0 Å². The molecular formula is C13H19NO6S. The molecule has 8 heteroatoms. The second-order valence-corrected chi connectivity index (χ2v) is 5.15. The van der Waals surface area contributed by atoms with Gasteiger partial charge in [-0.25, -0.2) is 9.59 Å². The number of carboxylic acids is 1. The number of carbonyl (C=O) groups is 2. The zero-order chi connectivity index (χ0) is 15.8. The van der Waals surface area contributed by atoms with Gasteiger partial charge in [-0.3, -0.25) is 0 Å². The van der Waals surface area contributed by atoms with Crippen LogP contribution in [-0.2, 0) is 18.5 Å². The van der Waals surface area contributed by atoms with E-state index >= 15 is 0 Å². The summed E-state index contributed by atoms with van der Waals surface area (Å²) in [5.74, 6) is -1.17. The van der Waals surface area contributed by atoms with E-state index in [0.29, 0.717) is 29.3 Å². The van der Waals surface area contributed by atoms with Gasteiger partial charge in [0.25, 0.3) is 0 Å². The molecule has 7 nitrogen and oxygen atoms in total. The highest BCUT2D eigenvalue weighted by Gasteiger charge is 2.25. The molecule has 0 spiro atoms. The molecule has 118 valence electrons. The molecule has 1 heterocycles. The van der Waals surface area contributed by atoms with Gasteiger partial charge in [-0.15, -0.1) is 0 Å². The van der Waals surface area contributed by atoms with Gasteiger partial charge in [-0.1, -0.05) is 0 Å². The SMILES string of the molecule is CC1=C(C(=O)O)CC(C(=O)OSCCOCCO)=C(C)N1. The van der Waals surface area contributed by atoms with Crippen LogP contribution in [0.15, 0.2) is 22.5 Å². The first kappa shape index (κ1) is 17.5. The van der Waals surface area contributed by atoms with Crippen LogP contribution in [0.2, 0.25) is 0 Å². The van der Waals surface area contributed by atoms with Gasteiger partial charge in [0.15, 0.2) is 0 Å². The van der Waals surface area contributed by atoms with Gasteiger partial charge >= 0.3 is 11.9 Å². The quantitative estimate of drug-likeness (QED) is 0.446. The van der Waals surface area contributed by atoms with Crippen LogP contribution in [0, 0.1) is 0 Å². The summed E-state index contributed by atoms with van der Waals surface area (Å²) in [5, 5.41) is 20.5. The van der Waals surface area contributed by atoms with Crippen molar-refractivity contribution in [3.8, 4) is 0 Å². The van der Waals surface area contributed by atoms with Gasteiger partial charge in [0, 0.05) is 17.8 Å². The van der Waals surface area contributed by atoms with Crippen molar-refractivity contribution < 1.29 is 28.7 Å². The zero-order valence-electron chi connectivity index (χ0n) is 12.0. The predicted octanol–water partition coefficient (Wildman–Crippen LogP) is 0.813. The molecule has 0 bridgehead atoms. The van der Waals surface area contributed by atoms with E-state index in [-0.39, 0.29) is 25.2 Å². The van der Waals surface area contributed by atoms with Crippen LogP contribution in [-0.4, -0.2) is 47.7 Å². The molecule has 1 aliphatic heterocycles. The molecule has 0 aliphatic carbocycles. The van der Waals surface area contributed by atoms with Gasteiger partial charge in [-0.05, 0) is 13.8 Å². The van der Waals surface area contributed by atoms with E-state index < -0.39 is 11.9 Å². The van der Waals surface area contributed by atoms with Crippen molar-refractivity contribution in [2.24, 2.45) is 0 Å². The van der Waals surface area contributed by atoms with Crippen LogP contribution in [0.4, 0.5) is 0 Å². The Morgan fingerprint density at radius 1 is 1.24 bits per heavy atom. The number of dihydropyridines is 1. The molecule has 0 unspecified atom stereocenters. The summed E-state index contributed by atoms with van der Waals surface area (Å²) in [7, 11) is 0. The summed E-state index contributed by atoms with van der Waals surface area (Å²) in [4.78, 5) is 23.0. The van der Waals surface area contributed by atoms with Crippen molar-refractivity contribution >= 4 is 24.0 Å². The highest BCUT2D eigenvalue weighted by atomic mass is 32.2. The first-order valence-electron chi connectivity index (χ1n) is 6.39. The van der Waals surface area contributed by atoms with Gasteiger partial charge < -0.3 is 24.4 Å². The molecule has 0 saturated heterocycles. The van der Waals surface area contributed by atoms with E-state index in [9.17, 15) is 9.59 Å². The molecule has 0 radical (unpaired) electrons. The number of hydrogen-bond acceptors (Lipinski definition) is 7. The van der Waals surface area contributed by atoms with Crippen LogP contribution in [0.3, 0.4) is 0 Å². The smallest absolute Gasteiger partial charge is 0.348 e. The molecule has 0 saturated carbocycles. The summed E-state index contributed by atoms with van der Waals surface area (Å²) in [5.41, 5.74) is 1.59. The summed E-state index contributed by atoms with van der Waals surface area (Å²) < 4.78 is 10.0. The maximum absolute atomic E-state index is 11.9. The lowest BCUT2D eigenvalue weighted by Crippen LogP contribution is -2.25. The monoisotopic (exact) mass is 317 g/mol. The Morgan fingerprint density at radius 3 is 2.52 bits per heavy atom. The normalized spacial score (nSPS) is 15.0. The third kappa shape index (κ3) is 5.41. The lowest BCUT2D eigenvalue weighted by Gasteiger charge is -2.20. The van der Waals surface area contributed by atoms with Gasteiger partial charge in [0.2, 0.25) is 0 Å². The molecule has 0 amide bonds. The number of hydrogen-bond donors (Lipinski definition) is 3. The topological polar surface area (TPSA) is 105 Å². The number of aliphatic carboxylic acids is 1. The number of nitrogens with one attached hydrogen (secondary N) is 1. The van der Waals surface area contributed by atoms with Gasteiger partial charge in [0.05, 0.1) is 48.8 Å². The number of allylic oxidation sites excluding steroid dienone is 2. The minimum absolute atomic E-state index is 0.0421. The van der Waals surface area contributed by atoms with Crippen molar-refractivity contribution in [3.63, 3.8) is 0 Å². The van der Waals surface area contributed by atoms with E-state index in [1.54, 1.807) is 13.8 Å². The van der Waals surface area contributed by atoms with E-state index in [2.05, 4.69) is 5.32 Å². The Balaban J connectivity index is 2.47. The lowest BCUT2D eigenvalue weighted by molar-refractivity contribution is -0.132. The van der Waals surface area contributed by atoms with Crippen LogP contribution in [0.5, 0.6) is 0 Å². The maximum atomic E-state index is 11.9.